The number of carbonyl (C=O) groups excluding carboxylic acids is 1. The molecule has 1 aliphatic rings. The number of H-pyrrole nitrogens is 1. The molecule has 0 fully saturated rings. The van der Waals surface area contributed by atoms with E-state index >= 15 is 0 Å². The molecule has 1 aliphatic heterocycles. The molecule has 0 aliphatic carbocycles. The summed E-state index contributed by atoms with van der Waals surface area (Å²) < 4.78 is 12.9. The lowest BCUT2D eigenvalue weighted by Crippen LogP contribution is -2.43. The zero-order valence-electron chi connectivity index (χ0n) is 13.8. The molecule has 0 saturated carbocycles. The minimum Gasteiger partial charge on any atom is -0.367 e. The summed E-state index contributed by atoms with van der Waals surface area (Å²) in [6.07, 6.45) is 2.56. The van der Waals surface area contributed by atoms with Gasteiger partial charge in [0.1, 0.15) is 17.6 Å². The lowest BCUT2D eigenvalue weighted by molar-refractivity contribution is -0.121. The molecule has 1 atom stereocenters. The highest BCUT2D eigenvalue weighted by atomic mass is 19.1. The number of aromatic amines is 1. The van der Waals surface area contributed by atoms with Crippen LogP contribution < -0.4 is 26.8 Å². The van der Waals surface area contributed by atoms with E-state index in [2.05, 4.69) is 20.6 Å². The zero-order valence-corrected chi connectivity index (χ0v) is 13.8. The quantitative estimate of drug-likeness (QED) is 0.714. The Hall–Kier alpha value is -3.47. The Bertz CT molecular complexity index is 1080. The van der Waals surface area contributed by atoms with Crippen LogP contribution in [0.15, 0.2) is 29.2 Å². The van der Waals surface area contributed by atoms with E-state index in [0.29, 0.717) is 22.0 Å². The number of pyridine rings is 2. The number of halogens is 1. The van der Waals surface area contributed by atoms with E-state index in [-0.39, 0.29) is 20.7 Å². The Morgan fingerprint density at radius 1 is 1.50 bits per heavy atom. The number of hydrogen-bond acceptors (Lipinski definition) is 5. The van der Waals surface area contributed by atoms with Gasteiger partial charge in [0.25, 0.3) is 5.56 Å². The van der Waals surface area contributed by atoms with Crippen LogP contribution in [0.3, 0.4) is 0 Å². The lowest BCUT2D eigenvalue weighted by atomic mass is 10.1. The van der Waals surface area contributed by atoms with E-state index < -0.39 is 17.4 Å². The van der Waals surface area contributed by atoms with Crippen LogP contribution >= 0.6 is 0 Å². The number of fused-ring (bicyclic) bond motifs is 1. The van der Waals surface area contributed by atoms with Crippen molar-refractivity contribution in [2.45, 2.75) is 19.4 Å². The number of carbonyl (C=O) groups is 1. The molecule has 3 heterocycles. The van der Waals surface area contributed by atoms with Gasteiger partial charge in [0, 0.05) is 19.0 Å². The van der Waals surface area contributed by atoms with Crippen LogP contribution in [-0.2, 0) is 11.2 Å². The van der Waals surface area contributed by atoms with E-state index in [1.54, 1.807) is 19.5 Å². The number of hydrogen-bond donors (Lipinski definition) is 3. The molecule has 3 rings (SSSR count). The van der Waals surface area contributed by atoms with Gasteiger partial charge in [-0.2, -0.15) is 5.26 Å². The molecule has 0 bridgehead atoms. The summed E-state index contributed by atoms with van der Waals surface area (Å²) in [7, 11) is 0. The van der Waals surface area contributed by atoms with Gasteiger partial charge in [-0.15, -0.1) is 0 Å². The molecule has 26 heavy (non-hydrogen) atoms. The standard InChI is InChI=1S/C18H15FN5O2.2H2/c1-10(14-3-2-12(19)9-22-14)23-17(25)7-11-6-13-15(24-18(11)26)4-5-21-16(13)8-20;;/h2-6,9-10,21H,7H2,1H3,(H,23,25)(H,24,26);2*1H/t10-;;/m1../s1. The van der Waals surface area contributed by atoms with Crippen molar-refractivity contribution in [2.24, 2.45) is 0 Å². The topological polar surface area (TPSA) is 111 Å². The van der Waals surface area contributed by atoms with Crippen LogP contribution in [-0.4, -0.2) is 15.9 Å². The Kier molecular flexibility index (Phi) is 4.80. The third-order valence-electron chi connectivity index (χ3n) is 3.93. The molecule has 0 saturated heterocycles. The monoisotopic (exact) mass is 356 g/mol. The highest BCUT2D eigenvalue weighted by Gasteiger charge is 2.14. The van der Waals surface area contributed by atoms with E-state index in [0.717, 1.165) is 6.20 Å². The molecule has 135 valence electrons. The van der Waals surface area contributed by atoms with Gasteiger partial charge >= 0.3 is 0 Å². The Morgan fingerprint density at radius 2 is 2.31 bits per heavy atom. The van der Waals surface area contributed by atoms with Gasteiger partial charge in [-0.25, -0.2) is 4.39 Å². The smallest absolute Gasteiger partial charge is 0.252 e. The number of nitrogens with zero attached hydrogens (tertiary/aromatic N) is 2. The summed E-state index contributed by atoms with van der Waals surface area (Å²) >= 11 is 0. The maximum atomic E-state index is 12.9. The van der Waals surface area contributed by atoms with Crippen molar-refractivity contribution in [1.29, 1.82) is 5.26 Å². The first-order valence-electron chi connectivity index (χ1n) is 7.85. The summed E-state index contributed by atoms with van der Waals surface area (Å²) in [6, 6.07) is 5.85. The van der Waals surface area contributed by atoms with Crippen LogP contribution in [0.1, 0.15) is 27.1 Å². The molecular weight excluding hydrogens is 337 g/mol. The van der Waals surface area contributed by atoms with Gasteiger partial charge in [0.15, 0.2) is 0 Å². The van der Waals surface area contributed by atoms with Crippen LogP contribution in [0.2, 0.25) is 0 Å². The molecule has 8 heteroatoms. The number of aromatic nitrogens is 2. The second-order valence-corrected chi connectivity index (χ2v) is 5.78. The van der Waals surface area contributed by atoms with Gasteiger partial charge in [-0.05, 0) is 31.2 Å². The number of nitrogens with one attached hydrogen (secondary N) is 3. The average Bonchev–Trinajstić information content (AvgIpc) is 2.62. The second-order valence-electron chi connectivity index (χ2n) is 5.78. The van der Waals surface area contributed by atoms with Crippen molar-refractivity contribution in [1.82, 2.24) is 20.6 Å². The van der Waals surface area contributed by atoms with Gasteiger partial charge in [0.2, 0.25) is 5.91 Å². The summed E-state index contributed by atoms with van der Waals surface area (Å²) in [4.78, 5) is 31.0. The highest BCUT2D eigenvalue weighted by Crippen LogP contribution is 2.09. The van der Waals surface area contributed by atoms with Crippen LogP contribution in [0.4, 0.5) is 4.39 Å². The molecule has 2 aromatic rings. The van der Waals surface area contributed by atoms with Crippen LogP contribution in [0, 0.1) is 23.7 Å². The number of amides is 1. The van der Waals surface area contributed by atoms with E-state index in [4.69, 9.17) is 5.26 Å². The third kappa shape index (κ3) is 3.62. The molecular formula is C18H19FN5O2. The van der Waals surface area contributed by atoms with Crippen molar-refractivity contribution in [2.75, 3.05) is 0 Å². The first-order valence-corrected chi connectivity index (χ1v) is 7.85. The van der Waals surface area contributed by atoms with E-state index in [9.17, 15) is 14.0 Å². The largest absolute Gasteiger partial charge is 0.367 e. The number of nitriles is 1. The predicted molar refractivity (Wildman–Crippen MR) is 95.9 cm³/mol. The Labute approximate surface area is 150 Å². The first-order chi connectivity index (χ1) is 12.5. The molecule has 0 spiro atoms. The van der Waals surface area contributed by atoms with Crippen LogP contribution in [0.5, 0.6) is 0 Å². The molecule has 7 nitrogen and oxygen atoms in total. The summed E-state index contributed by atoms with van der Waals surface area (Å²) in [6.45, 7) is 3.27. The first kappa shape index (κ1) is 17.4. The fraction of sp³-hybridized carbons (Fsp3) is 0.167. The second kappa shape index (κ2) is 7.19. The van der Waals surface area contributed by atoms with Gasteiger partial charge in [-0.1, -0.05) is 0 Å². The average molecular weight is 356 g/mol. The van der Waals surface area contributed by atoms with Crippen molar-refractivity contribution >= 4 is 17.7 Å². The maximum absolute atomic E-state index is 12.9. The minimum absolute atomic E-state index is 0. The van der Waals surface area contributed by atoms with E-state index in [1.165, 1.54) is 18.2 Å². The van der Waals surface area contributed by atoms with Gasteiger partial charge < -0.3 is 15.6 Å². The molecule has 0 aromatic carbocycles. The van der Waals surface area contributed by atoms with Crippen molar-refractivity contribution in [3.05, 3.63) is 68.9 Å². The molecule has 0 unspecified atom stereocenters. The summed E-state index contributed by atoms with van der Waals surface area (Å²) in [5.74, 6) is -0.841. The summed E-state index contributed by atoms with van der Waals surface area (Å²) in [5.41, 5.74) is 0.651. The molecule has 1 radical (unpaired) electrons. The number of rotatable bonds is 4. The fourth-order valence-corrected chi connectivity index (χ4v) is 2.62. The fourth-order valence-electron chi connectivity index (χ4n) is 2.62. The lowest BCUT2D eigenvalue weighted by Gasteiger charge is -2.13. The van der Waals surface area contributed by atoms with Crippen molar-refractivity contribution < 1.29 is 12.0 Å². The van der Waals surface area contributed by atoms with Crippen molar-refractivity contribution in [3.63, 3.8) is 0 Å². The Morgan fingerprint density at radius 3 is 3.00 bits per heavy atom. The molecule has 1 amide bonds. The SMILES string of the molecule is C[C@@H](NC(=O)Cc1cc2c([nH]c1=O)=C[CH]NC=2C#N)c1ccc(F)cn1.[HH].[HH]. The highest BCUT2D eigenvalue weighted by molar-refractivity contribution is 5.79. The predicted octanol–water partition coefficient (Wildman–Crippen LogP) is -0.00183. The van der Waals surface area contributed by atoms with Gasteiger partial charge in [-0.3, -0.25) is 14.6 Å². The molecule has 2 aromatic heterocycles. The van der Waals surface area contributed by atoms with Gasteiger partial charge in [0.05, 0.1) is 30.9 Å². The zero-order chi connectivity index (χ0) is 18.7. The normalized spacial score (nSPS) is 13.7. The summed E-state index contributed by atoms with van der Waals surface area (Å²) in [5, 5.41) is 15.7. The third-order valence-corrected chi connectivity index (χ3v) is 3.93. The Balaban J connectivity index is 0.00000196. The maximum Gasteiger partial charge on any atom is 0.252 e. The van der Waals surface area contributed by atoms with Crippen LogP contribution in [0.25, 0.3) is 11.8 Å². The molecule has 3 N–H and O–H groups in total. The van der Waals surface area contributed by atoms with Crippen molar-refractivity contribution in [3.8, 4) is 6.07 Å². The minimum atomic E-state index is -0.458. The van der Waals surface area contributed by atoms with E-state index in [1.807, 2.05) is 6.07 Å².